The van der Waals surface area contributed by atoms with Crippen molar-refractivity contribution in [2.75, 3.05) is 12.1 Å². The number of hydrazine groups is 1. The second-order valence-electron chi connectivity index (χ2n) is 5.99. The number of amides is 1. The Kier molecular flexibility index (Phi) is 2.83. The molecule has 1 atom stereocenters. The minimum absolute atomic E-state index is 0.159. The highest BCUT2D eigenvalue weighted by Crippen LogP contribution is 2.42. The van der Waals surface area contributed by atoms with Gasteiger partial charge in [-0.15, -0.1) is 0 Å². The summed E-state index contributed by atoms with van der Waals surface area (Å²) < 4.78 is 6.17. The average Bonchev–Trinajstić information content (AvgIpc) is 2.73. The first-order valence-electron chi connectivity index (χ1n) is 7.53. The zero-order valence-corrected chi connectivity index (χ0v) is 13.3. The molecule has 1 fully saturated rings. The van der Waals surface area contributed by atoms with E-state index in [0.717, 1.165) is 11.3 Å². The van der Waals surface area contributed by atoms with Crippen LogP contribution in [0, 0.1) is 6.92 Å². The molecule has 0 bridgehead atoms. The van der Waals surface area contributed by atoms with Gasteiger partial charge in [-0.2, -0.15) is 5.01 Å². The van der Waals surface area contributed by atoms with Gasteiger partial charge in [0.1, 0.15) is 11.4 Å². The highest BCUT2D eigenvalue weighted by molar-refractivity contribution is 6.49. The molecule has 0 spiro atoms. The molecule has 2 aliphatic heterocycles. The lowest BCUT2D eigenvalue weighted by molar-refractivity contribution is -0.113. The fourth-order valence-corrected chi connectivity index (χ4v) is 3.04. The van der Waals surface area contributed by atoms with Gasteiger partial charge in [-0.25, -0.2) is 10.0 Å². The number of aliphatic imine (C=N–C) groups is 1. The van der Waals surface area contributed by atoms with Crippen LogP contribution >= 0.6 is 0 Å². The van der Waals surface area contributed by atoms with Crippen LogP contribution in [-0.4, -0.2) is 29.4 Å². The molecule has 0 saturated carbocycles. The summed E-state index contributed by atoms with van der Waals surface area (Å²) in [5, 5.41) is 3.41. The Bertz CT molecular complexity index is 831. The lowest BCUT2D eigenvalue weighted by atomic mass is 10.1. The van der Waals surface area contributed by atoms with Gasteiger partial charge in [0.15, 0.2) is 5.71 Å². The molecule has 1 amide bonds. The SMILES string of the molecule is Cc1ccc2c(c1)N=C1C(=O)N(c3ccccc3)N(C)C1(C)O2. The molecule has 1 saturated heterocycles. The highest BCUT2D eigenvalue weighted by atomic mass is 16.5. The molecule has 0 aliphatic carbocycles. The average molecular weight is 307 g/mol. The number of hydrogen-bond acceptors (Lipinski definition) is 4. The van der Waals surface area contributed by atoms with Crippen LogP contribution in [-0.2, 0) is 4.79 Å². The summed E-state index contributed by atoms with van der Waals surface area (Å²) in [6, 6.07) is 15.3. The Labute approximate surface area is 134 Å². The van der Waals surface area contributed by atoms with Gasteiger partial charge in [0.25, 0.3) is 5.91 Å². The van der Waals surface area contributed by atoms with Gasteiger partial charge in [0.2, 0.25) is 5.72 Å². The van der Waals surface area contributed by atoms with Crippen molar-refractivity contribution in [3.05, 3.63) is 54.1 Å². The van der Waals surface area contributed by atoms with Gasteiger partial charge in [0.05, 0.1) is 5.69 Å². The second-order valence-corrected chi connectivity index (χ2v) is 5.99. The summed E-state index contributed by atoms with van der Waals surface area (Å²) in [4.78, 5) is 17.5. The van der Waals surface area contributed by atoms with Crippen LogP contribution in [0.2, 0.25) is 0 Å². The number of aryl methyl sites for hydroxylation is 1. The van der Waals surface area contributed by atoms with Crippen LogP contribution in [0.1, 0.15) is 12.5 Å². The number of carbonyl (C=O) groups is 1. The van der Waals surface area contributed by atoms with E-state index in [0.29, 0.717) is 17.1 Å². The molecule has 2 aliphatic rings. The molecular weight excluding hydrogens is 290 g/mol. The van der Waals surface area contributed by atoms with Crippen molar-refractivity contribution in [3.63, 3.8) is 0 Å². The number of para-hydroxylation sites is 1. The number of benzene rings is 2. The Hall–Kier alpha value is -2.66. The molecule has 0 aromatic heterocycles. The first-order chi connectivity index (χ1) is 11.0. The monoisotopic (exact) mass is 307 g/mol. The molecule has 0 radical (unpaired) electrons. The molecule has 4 rings (SSSR count). The maximum absolute atomic E-state index is 12.9. The molecule has 0 N–H and O–H groups in total. The zero-order chi connectivity index (χ0) is 16.2. The summed E-state index contributed by atoms with van der Waals surface area (Å²) in [5.74, 6) is 0.532. The summed E-state index contributed by atoms with van der Waals surface area (Å²) in [5.41, 5.74) is 2.08. The van der Waals surface area contributed by atoms with Gasteiger partial charge in [-0.05, 0) is 43.7 Å². The topological polar surface area (TPSA) is 45.1 Å². The van der Waals surface area contributed by atoms with Gasteiger partial charge in [-0.3, -0.25) is 4.79 Å². The number of fused-ring (bicyclic) bond motifs is 2. The first kappa shape index (κ1) is 14.0. The molecule has 1 unspecified atom stereocenters. The number of rotatable bonds is 1. The van der Waals surface area contributed by atoms with Crippen molar-refractivity contribution >= 4 is 23.0 Å². The Morgan fingerprint density at radius 1 is 1.13 bits per heavy atom. The predicted molar refractivity (Wildman–Crippen MR) is 89.0 cm³/mol. The van der Waals surface area contributed by atoms with Crippen molar-refractivity contribution in [1.29, 1.82) is 0 Å². The summed E-state index contributed by atoms with van der Waals surface area (Å²) in [6.07, 6.45) is 0. The minimum Gasteiger partial charge on any atom is -0.463 e. The summed E-state index contributed by atoms with van der Waals surface area (Å²) in [6.45, 7) is 3.86. The van der Waals surface area contributed by atoms with E-state index in [4.69, 9.17) is 4.74 Å². The minimum atomic E-state index is -0.908. The van der Waals surface area contributed by atoms with Crippen LogP contribution in [0.4, 0.5) is 11.4 Å². The largest absolute Gasteiger partial charge is 0.463 e. The Morgan fingerprint density at radius 3 is 2.61 bits per heavy atom. The lowest BCUT2D eigenvalue weighted by Crippen LogP contribution is -2.53. The van der Waals surface area contributed by atoms with Crippen molar-refractivity contribution in [2.24, 2.45) is 4.99 Å². The fraction of sp³-hybridized carbons (Fsp3) is 0.222. The quantitative estimate of drug-likeness (QED) is 0.813. The molecule has 5 nitrogen and oxygen atoms in total. The number of ether oxygens (including phenoxy) is 1. The van der Waals surface area contributed by atoms with Crippen LogP contribution in [0.25, 0.3) is 0 Å². The van der Waals surface area contributed by atoms with E-state index in [1.54, 1.807) is 10.0 Å². The highest BCUT2D eigenvalue weighted by Gasteiger charge is 2.55. The van der Waals surface area contributed by atoms with Crippen molar-refractivity contribution in [2.45, 2.75) is 19.6 Å². The maximum atomic E-state index is 12.9. The number of carbonyl (C=O) groups excluding carboxylic acids is 1. The Morgan fingerprint density at radius 2 is 1.87 bits per heavy atom. The first-order valence-corrected chi connectivity index (χ1v) is 7.53. The van der Waals surface area contributed by atoms with Crippen LogP contribution in [0.5, 0.6) is 5.75 Å². The van der Waals surface area contributed by atoms with E-state index in [1.165, 1.54) is 0 Å². The van der Waals surface area contributed by atoms with Gasteiger partial charge >= 0.3 is 0 Å². The van der Waals surface area contributed by atoms with Gasteiger partial charge in [0, 0.05) is 7.05 Å². The summed E-state index contributed by atoms with van der Waals surface area (Å²) in [7, 11) is 1.84. The summed E-state index contributed by atoms with van der Waals surface area (Å²) >= 11 is 0. The second kappa shape index (κ2) is 4.67. The maximum Gasteiger partial charge on any atom is 0.293 e. The zero-order valence-electron chi connectivity index (χ0n) is 13.3. The van der Waals surface area contributed by atoms with E-state index in [-0.39, 0.29) is 5.91 Å². The molecule has 2 heterocycles. The molecule has 116 valence electrons. The molecule has 2 aromatic rings. The number of nitrogens with zero attached hydrogens (tertiary/aromatic N) is 3. The molecule has 5 heteroatoms. The van der Waals surface area contributed by atoms with Gasteiger partial charge in [-0.1, -0.05) is 24.3 Å². The van der Waals surface area contributed by atoms with E-state index in [1.807, 2.05) is 69.4 Å². The third-order valence-corrected chi connectivity index (χ3v) is 4.41. The van der Waals surface area contributed by atoms with E-state index in [9.17, 15) is 4.79 Å². The van der Waals surface area contributed by atoms with Crippen molar-refractivity contribution in [1.82, 2.24) is 5.01 Å². The van der Waals surface area contributed by atoms with E-state index >= 15 is 0 Å². The third kappa shape index (κ3) is 1.90. The Balaban J connectivity index is 1.84. The van der Waals surface area contributed by atoms with Crippen LogP contribution in [0.15, 0.2) is 53.5 Å². The van der Waals surface area contributed by atoms with Crippen molar-refractivity contribution in [3.8, 4) is 5.75 Å². The van der Waals surface area contributed by atoms with Crippen molar-refractivity contribution < 1.29 is 9.53 Å². The molecule has 23 heavy (non-hydrogen) atoms. The smallest absolute Gasteiger partial charge is 0.293 e. The lowest BCUT2D eigenvalue weighted by Gasteiger charge is -2.36. The fourth-order valence-electron chi connectivity index (χ4n) is 3.04. The molecular formula is C18H17N3O2. The normalized spacial score (nSPS) is 23.2. The van der Waals surface area contributed by atoms with Gasteiger partial charge < -0.3 is 4.74 Å². The van der Waals surface area contributed by atoms with E-state index in [2.05, 4.69) is 4.99 Å². The molecule has 2 aromatic carbocycles. The van der Waals surface area contributed by atoms with Crippen LogP contribution < -0.4 is 9.75 Å². The van der Waals surface area contributed by atoms with Crippen LogP contribution in [0.3, 0.4) is 0 Å². The third-order valence-electron chi connectivity index (χ3n) is 4.41. The predicted octanol–water partition coefficient (Wildman–Crippen LogP) is 3.07. The van der Waals surface area contributed by atoms with E-state index < -0.39 is 5.72 Å². The standard InChI is InChI=1S/C18H17N3O2/c1-12-9-10-15-14(11-12)19-16-17(22)21(13-7-5-4-6-8-13)20(3)18(16,2)23-15/h4-11H,1-3H3. The number of anilines is 1. The number of hydrogen-bond donors (Lipinski definition) is 0.